The molecule has 0 aliphatic rings. The first kappa shape index (κ1) is 12.6. The quantitative estimate of drug-likeness (QED) is 0.448. The number of carbonyl (C=O) groups is 1. The second kappa shape index (κ2) is 4.77. The molecule has 19 heavy (non-hydrogen) atoms. The zero-order chi connectivity index (χ0) is 14.0. The second-order valence-corrected chi connectivity index (χ2v) is 3.63. The Kier molecular flexibility index (Phi) is 3.15. The predicted molar refractivity (Wildman–Crippen MR) is 63.5 cm³/mol. The van der Waals surface area contributed by atoms with Crippen LogP contribution in [0.4, 0.5) is 15.9 Å². The van der Waals surface area contributed by atoms with Crippen LogP contribution in [0.5, 0.6) is 5.75 Å². The lowest BCUT2D eigenvalue weighted by Gasteiger charge is -2.04. The van der Waals surface area contributed by atoms with Gasteiger partial charge < -0.3 is 20.5 Å². The molecule has 3 N–H and O–H groups in total. The summed E-state index contributed by atoms with van der Waals surface area (Å²) in [6.45, 7) is 0. The minimum atomic E-state index is -0.811. The van der Waals surface area contributed by atoms with Crippen molar-refractivity contribution in [2.45, 2.75) is 0 Å². The fourth-order valence-corrected chi connectivity index (χ4v) is 1.42. The molecule has 1 amide bonds. The van der Waals surface area contributed by atoms with Gasteiger partial charge in [-0.05, 0) is 23.1 Å². The van der Waals surface area contributed by atoms with Gasteiger partial charge in [0.25, 0.3) is 5.91 Å². The molecule has 0 radical (unpaired) electrons. The summed E-state index contributed by atoms with van der Waals surface area (Å²) in [5.41, 5.74) is -0.209. The van der Waals surface area contributed by atoms with Crippen LogP contribution in [0.25, 0.3) is 0 Å². The second-order valence-electron chi connectivity index (χ2n) is 3.63. The van der Waals surface area contributed by atoms with E-state index in [9.17, 15) is 19.3 Å². The number of phenols is 1. The van der Waals surface area contributed by atoms with Gasteiger partial charge in [0, 0.05) is 12.1 Å². The number of amides is 1. The van der Waals surface area contributed by atoms with E-state index in [1.807, 2.05) is 0 Å². The first-order valence-corrected chi connectivity index (χ1v) is 5.10. The monoisotopic (exact) mass is 265 g/mol. The van der Waals surface area contributed by atoms with E-state index in [-0.39, 0.29) is 22.9 Å². The highest BCUT2D eigenvalue weighted by Crippen LogP contribution is 2.20. The van der Waals surface area contributed by atoms with Gasteiger partial charge in [0.2, 0.25) is 0 Å². The van der Waals surface area contributed by atoms with Crippen molar-refractivity contribution in [3.8, 4) is 5.75 Å². The number of phenolic OH excluding ortho intramolecular Hbond substituents is 1. The molecule has 0 aliphatic carbocycles. The Bertz CT molecular complexity index is 653. The van der Waals surface area contributed by atoms with Gasteiger partial charge in [-0.2, -0.15) is 0 Å². The molecular weight excluding hydrogens is 257 g/mol. The number of benzene rings is 1. The van der Waals surface area contributed by atoms with Gasteiger partial charge in [0.05, 0.1) is 5.69 Å². The van der Waals surface area contributed by atoms with Crippen molar-refractivity contribution in [2.75, 3.05) is 5.32 Å². The van der Waals surface area contributed by atoms with Crippen molar-refractivity contribution in [1.82, 2.24) is 4.98 Å². The molecule has 0 fully saturated rings. The number of carbonyl (C=O) groups excluding carboxylic acids is 1. The van der Waals surface area contributed by atoms with E-state index in [2.05, 4.69) is 10.3 Å². The SMILES string of the molecule is O=C(Nc1ccc(O)cc1F)c1ccc([N+](=O)[O-])[nH]1. The first-order valence-electron chi connectivity index (χ1n) is 5.10. The molecule has 8 heteroatoms. The molecule has 0 aliphatic heterocycles. The molecular formula is C11H8FN3O4. The van der Waals surface area contributed by atoms with Crippen molar-refractivity contribution in [3.63, 3.8) is 0 Å². The van der Waals surface area contributed by atoms with Gasteiger partial charge in [-0.25, -0.2) is 9.37 Å². The summed E-state index contributed by atoms with van der Waals surface area (Å²) in [6, 6.07) is 5.57. The Balaban J connectivity index is 2.18. The summed E-state index contributed by atoms with van der Waals surface area (Å²) in [6.07, 6.45) is 0. The Morgan fingerprint density at radius 2 is 2.11 bits per heavy atom. The van der Waals surface area contributed by atoms with Gasteiger partial charge in [-0.3, -0.25) is 4.79 Å². The third kappa shape index (κ3) is 2.68. The smallest absolute Gasteiger partial charge is 0.321 e. The van der Waals surface area contributed by atoms with E-state index in [1.165, 1.54) is 18.2 Å². The summed E-state index contributed by atoms with van der Waals surface area (Å²) < 4.78 is 13.4. The average molecular weight is 265 g/mol. The van der Waals surface area contributed by atoms with Crippen LogP contribution < -0.4 is 5.32 Å². The van der Waals surface area contributed by atoms with Crippen molar-refractivity contribution in [3.05, 3.63) is 52.0 Å². The number of aromatic nitrogens is 1. The molecule has 2 aromatic rings. The number of hydrogen-bond acceptors (Lipinski definition) is 4. The average Bonchev–Trinajstić information content (AvgIpc) is 2.82. The Labute approximate surface area is 105 Å². The molecule has 1 aromatic heterocycles. The number of nitro groups is 1. The Morgan fingerprint density at radius 1 is 1.37 bits per heavy atom. The van der Waals surface area contributed by atoms with E-state index in [0.717, 1.165) is 12.1 Å². The highest BCUT2D eigenvalue weighted by atomic mass is 19.1. The van der Waals surface area contributed by atoms with E-state index < -0.39 is 16.6 Å². The zero-order valence-corrected chi connectivity index (χ0v) is 9.38. The van der Waals surface area contributed by atoms with Crippen molar-refractivity contribution < 1.29 is 19.2 Å². The predicted octanol–water partition coefficient (Wildman–Crippen LogP) is 2.02. The lowest BCUT2D eigenvalue weighted by atomic mass is 10.2. The lowest BCUT2D eigenvalue weighted by molar-refractivity contribution is -0.389. The Morgan fingerprint density at radius 3 is 2.68 bits per heavy atom. The minimum Gasteiger partial charge on any atom is -0.508 e. The highest BCUT2D eigenvalue weighted by molar-refractivity contribution is 6.03. The van der Waals surface area contributed by atoms with E-state index in [1.54, 1.807) is 0 Å². The standard InChI is InChI=1S/C11H8FN3O4/c12-7-5-6(16)1-2-8(7)14-11(17)9-3-4-10(13-9)15(18)19/h1-5,13,16H,(H,14,17). The van der Waals surface area contributed by atoms with E-state index in [4.69, 9.17) is 5.11 Å². The van der Waals surface area contributed by atoms with Crippen LogP contribution in [0, 0.1) is 15.9 Å². The van der Waals surface area contributed by atoms with Crippen molar-refractivity contribution >= 4 is 17.4 Å². The maximum Gasteiger partial charge on any atom is 0.321 e. The van der Waals surface area contributed by atoms with Crippen molar-refractivity contribution in [2.24, 2.45) is 0 Å². The number of anilines is 1. The molecule has 0 bridgehead atoms. The summed E-state index contributed by atoms with van der Waals surface area (Å²) >= 11 is 0. The largest absolute Gasteiger partial charge is 0.508 e. The maximum absolute atomic E-state index is 13.4. The molecule has 0 unspecified atom stereocenters. The van der Waals surface area contributed by atoms with Gasteiger partial charge >= 0.3 is 5.82 Å². The number of aromatic hydroxyl groups is 1. The number of hydrogen-bond donors (Lipinski definition) is 3. The maximum atomic E-state index is 13.4. The normalized spacial score (nSPS) is 10.2. The van der Waals surface area contributed by atoms with Gasteiger partial charge in [0.1, 0.15) is 11.6 Å². The third-order valence-corrected chi connectivity index (χ3v) is 2.31. The van der Waals surface area contributed by atoms with Crippen LogP contribution in [0.2, 0.25) is 0 Å². The number of nitrogens with one attached hydrogen (secondary N) is 2. The van der Waals surface area contributed by atoms with Gasteiger partial charge in [-0.15, -0.1) is 0 Å². The number of rotatable bonds is 3. The van der Waals surface area contributed by atoms with Crippen LogP contribution in [-0.2, 0) is 0 Å². The van der Waals surface area contributed by atoms with Crippen LogP contribution in [-0.4, -0.2) is 20.9 Å². The van der Waals surface area contributed by atoms with Gasteiger partial charge in [0.15, 0.2) is 5.69 Å². The van der Waals surface area contributed by atoms with Crippen LogP contribution in [0.15, 0.2) is 30.3 Å². The van der Waals surface area contributed by atoms with Crippen LogP contribution >= 0.6 is 0 Å². The molecule has 1 aromatic carbocycles. The molecule has 0 saturated carbocycles. The highest BCUT2D eigenvalue weighted by Gasteiger charge is 2.16. The summed E-state index contributed by atoms with van der Waals surface area (Å²) in [5, 5.41) is 21.7. The molecule has 1 heterocycles. The molecule has 98 valence electrons. The topological polar surface area (TPSA) is 108 Å². The van der Waals surface area contributed by atoms with Crippen LogP contribution in [0.1, 0.15) is 10.5 Å². The lowest BCUT2D eigenvalue weighted by Crippen LogP contribution is -2.13. The van der Waals surface area contributed by atoms with Gasteiger partial charge in [-0.1, -0.05) is 0 Å². The molecule has 0 spiro atoms. The van der Waals surface area contributed by atoms with E-state index >= 15 is 0 Å². The summed E-state index contributed by atoms with van der Waals surface area (Å²) in [5.74, 6) is -2.14. The Hall–Kier alpha value is -2.90. The zero-order valence-electron chi connectivity index (χ0n) is 9.38. The fraction of sp³-hybridized carbons (Fsp3) is 0. The number of halogens is 1. The van der Waals surface area contributed by atoms with E-state index in [0.29, 0.717) is 0 Å². The molecule has 7 nitrogen and oxygen atoms in total. The molecule has 0 saturated heterocycles. The summed E-state index contributed by atoms with van der Waals surface area (Å²) in [7, 11) is 0. The fourth-order valence-electron chi connectivity index (χ4n) is 1.42. The number of nitrogens with zero attached hydrogens (tertiary/aromatic N) is 1. The first-order chi connectivity index (χ1) is 8.97. The summed E-state index contributed by atoms with van der Waals surface area (Å²) in [4.78, 5) is 23.7. The third-order valence-electron chi connectivity index (χ3n) is 2.31. The molecule has 2 rings (SSSR count). The van der Waals surface area contributed by atoms with Crippen LogP contribution in [0.3, 0.4) is 0 Å². The molecule has 0 atom stereocenters. The minimum absolute atomic E-state index is 0.0702. The van der Waals surface area contributed by atoms with Crippen molar-refractivity contribution in [1.29, 1.82) is 0 Å². The number of aromatic amines is 1. The number of H-pyrrole nitrogens is 1.